The van der Waals surface area contributed by atoms with Crippen LogP contribution < -0.4 is 0 Å². The second-order valence-corrected chi connectivity index (χ2v) is 3.68. The number of ketones is 1. The SMILES string of the molecule is CCc1ccc(C(=O)C(C)CC#N)cc1. The molecule has 1 aromatic rings. The van der Waals surface area contributed by atoms with E-state index in [1.807, 2.05) is 30.3 Å². The quantitative estimate of drug-likeness (QED) is 0.702. The molecular formula is C13H15NO. The van der Waals surface area contributed by atoms with Crippen LogP contribution in [0.15, 0.2) is 24.3 Å². The van der Waals surface area contributed by atoms with Crippen LogP contribution in [0.25, 0.3) is 0 Å². The Bertz CT molecular complexity index is 373. The van der Waals surface area contributed by atoms with E-state index in [0.29, 0.717) is 5.56 Å². The summed E-state index contributed by atoms with van der Waals surface area (Å²) in [5.41, 5.74) is 1.93. The van der Waals surface area contributed by atoms with Crippen LogP contribution in [-0.4, -0.2) is 5.78 Å². The van der Waals surface area contributed by atoms with Gasteiger partial charge in [-0.1, -0.05) is 38.1 Å². The number of Topliss-reactive ketones (excluding diaryl/α,β-unsaturated/α-hetero) is 1. The third-order valence-corrected chi connectivity index (χ3v) is 2.49. The van der Waals surface area contributed by atoms with Gasteiger partial charge in [0.15, 0.2) is 5.78 Å². The van der Waals surface area contributed by atoms with Gasteiger partial charge in [0.1, 0.15) is 0 Å². The number of nitriles is 1. The third-order valence-electron chi connectivity index (χ3n) is 2.49. The highest BCUT2D eigenvalue weighted by Gasteiger charge is 2.14. The average Bonchev–Trinajstić information content (AvgIpc) is 2.28. The zero-order valence-corrected chi connectivity index (χ0v) is 9.16. The summed E-state index contributed by atoms with van der Waals surface area (Å²) >= 11 is 0. The molecule has 78 valence electrons. The molecule has 0 saturated carbocycles. The second-order valence-electron chi connectivity index (χ2n) is 3.68. The van der Waals surface area contributed by atoms with Crippen LogP contribution in [0.4, 0.5) is 0 Å². The topological polar surface area (TPSA) is 40.9 Å². The van der Waals surface area contributed by atoms with Gasteiger partial charge in [0.25, 0.3) is 0 Å². The highest BCUT2D eigenvalue weighted by Crippen LogP contribution is 2.12. The first kappa shape index (κ1) is 11.5. The van der Waals surface area contributed by atoms with Crippen LogP contribution in [-0.2, 0) is 6.42 Å². The fraction of sp³-hybridized carbons (Fsp3) is 0.385. The van der Waals surface area contributed by atoms with Crippen LogP contribution in [0.3, 0.4) is 0 Å². The molecule has 0 saturated heterocycles. The van der Waals surface area contributed by atoms with E-state index in [4.69, 9.17) is 5.26 Å². The molecule has 0 spiro atoms. The molecule has 2 nitrogen and oxygen atoms in total. The molecule has 0 N–H and O–H groups in total. The third kappa shape index (κ3) is 2.92. The molecule has 0 amide bonds. The molecule has 1 atom stereocenters. The Labute approximate surface area is 90.5 Å². The lowest BCUT2D eigenvalue weighted by Gasteiger charge is -2.06. The first-order valence-electron chi connectivity index (χ1n) is 5.19. The lowest BCUT2D eigenvalue weighted by atomic mass is 9.96. The van der Waals surface area contributed by atoms with E-state index in [-0.39, 0.29) is 18.1 Å². The standard InChI is InChI=1S/C13H15NO/c1-3-11-4-6-12(7-5-11)13(15)10(2)8-9-14/h4-7,10H,3,8H2,1-2H3. The van der Waals surface area contributed by atoms with Crippen LogP contribution in [0, 0.1) is 17.2 Å². The van der Waals surface area contributed by atoms with Crippen molar-refractivity contribution in [1.82, 2.24) is 0 Å². The minimum Gasteiger partial charge on any atom is -0.294 e. The minimum atomic E-state index is -0.206. The van der Waals surface area contributed by atoms with Crippen LogP contribution in [0.2, 0.25) is 0 Å². The Hall–Kier alpha value is -1.62. The average molecular weight is 201 g/mol. The van der Waals surface area contributed by atoms with E-state index in [1.54, 1.807) is 6.92 Å². The molecule has 0 fully saturated rings. The minimum absolute atomic E-state index is 0.0548. The van der Waals surface area contributed by atoms with E-state index in [1.165, 1.54) is 5.56 Å². The van der Waals surface area contributed by atoms with Crippen molar-refractivity contribution in [3.05, 3.63) is 35.4 Å². The summed E-state index contributed by atoms with van der Waals surface area (Å²) < 4.78 is 0. The lowest BCUT2D eigenvalue weighted by molar-refractivity contribution is 0.0932. The molecular weight excluding hydrogens is 186 g/mol. The molecule has 1 unspecified atom stereocenters. The van der Waals surface area contributed by atoms with Gasteiger partial charge >= 0.3 is 0 Å². The molecule has 0 bridgehead atoms. The molecule has 2 heteroatoms. The number of carbonyl (C=O) groups is 1. The summed E-state index contributed by atoms with van der Waals surface area (Å²) in [6, 6.07) is 9.63. The number of hydrogen-bond donors (Lipinski definition) is 0. The van der Waals surface area contributed by atoms with Crippen LogP contribution in [0.5, 0.6) is 0 Å². The Morgan fingerprint density at radius 3 is 2.47 bits per heavy atom. The summed E-state index contributed by atoms with van der Waals surface area (Å²) in [5.74, 6) is -0.151. The van der Waals surface area contributed by atoms with Gasteiger partial charge in [-0.25, -0.2) is 0 Å². The predicted octanol–water partition coefficient (Wildman–Crippen LogP) is 2.98. The zero-order valence-electron chi connectivity index (χ0n) is 9.16. The van der Waals surface area contributed by atoms with Gasteiger partial charge in [-0.15, -0.1) is 0 Å². The van der Waals surface area contributed by atoms with Crippen molar-refractivity contribution in [3.63, 3.8) is 0 Å². The van der Waals surface area contributed by atoms with Gasteiger partial charge in [-0.2, -0.15) is 5.26 Å². The Morgan fingerprint density at radius 2 is 2.00 bits per heavy atom. The molecule has 1 rings (SSSR count). The lowest BCUT2D eigenvalue weighted by Crippen LogP contribution is -2.10. The zero-order chi connectivity index (χ0) is 11.3. The number of hydrogen-bond acceptors (Lipinski definition) is 2. The van der Waals surface area contributed by atoms with Gasteiger partial charge in [0.2, 0.25) is 0 Å². The second kappa shape index (κ2) is 5.31. The first-order chi connectivity index (χ1) is 7.19. The van der Waals surface area contributed by atoms with Crippen molar-refractivity contribution in [3.8, 4) is 6.07 Å². The molecule has 1 aromatic carbocycles. The fourth-order valence-corrected chi connectivity index (χ4v) is 1.42. The van der Waals surface area contributed by atoms with Gasteiger partial charge in [0.05, 0.1) is 6.07 Å². The smallest absolute Gasteiger partial charge is 0.166 e. The monoisotopic (exact) mass is 201 g/mol. The number of carbonyl (C=O) groups excluding carboxylic acids is 1. The Balaban J connectivity index is 2.79. The van der Waals surface area contributed by atoms with Gasteiger partial charge in [-0.3, -0.25) is 4.79 Å². The number of rotatable bonds is 4. The van der Waals surface area contributed by atoms with Gasteiger partial charge in [-0.05, 0) is 12.0 Å². The molecule has 15 heavy (non-hydrogen) atoms. The molecule has 0 radical (unpaired) electrons. The molecule has 0 aliphatic rings. The highest BCUT2D eigenvalue weighted by atomic mass is 16.1. The van der Waals surface area contributed by atoms with Crippen molar-refractivity contribution < 1.29 is 4.79 Å². The molecule has 0 aromatic heterocycles. The van der Waals surface area contributed by atoms with E-state index < -0.39 is 0 Å². The van der Waals surface area contributed by atoms with Crippen molar-refractivity contribution >= 4 is 5.78 Å². The van der Waals surface area contributed by atoms with E-state index in [2.05, 4.69) is 6.92 Å². The number of nitrogens with zero attached hydrogens (tertiary/aromatic N) is 1. The van der Waals surface area contributed by atoms with Crippen molar-refractivity contribution in [2.45, 2.75) is 26.7 Å². The fourth-order valence-electron chi connectivity index (χ4n) is 1.42. The van der Waals surface area contributed by atoms with Crippen molar-refractivity contribution in [1.29, 1.82) is 5.26 Å². The molecule has 0 aliphatic heterocycles. The maximum atomic E-state index is 11.8. The summed E-state index contributed by atoms with van der Waals surface area (Å²) in [6.07, 6.45) is 1.26. The van der Waals surface area contributed by atoms with Gasteiger partial charge < -0.3 is 0 Å². The van der Waals surface area contributed by atoms with Crippen LogP contribution >= 0.6 is 0 Å². The number of aryl methyl sites for hydroxylation is 1. The first-order valence-corrected chi connectivity index (χ1v) is 5.19. The molecule has 0 aliphatic carbocycles. The summed E-state index contributed by atoms with van der Waals surface area (Å²) in [5, 5.41) is 8.51. The Kier molecular flexibility index (Phi) is 4.05. The normalized spacial score (nSPS) is 11.8. The van der Waals surface area contributed by atoms with Gasteiger partial charge in [0, 0.05) is 17.9 Å². The van der Waals surface area contributed by atoms with E-state index in [9.17, 15) is 4.79 Å². The maximum Gasteiger partial charge on any atom is 0.166 e. The van der Waals surface area contributed by atoms with E-state index in [0.717, 1.165) is 6.42 Å². The van der Waals surface area contributed by atoms with Crippen LogP contribution in [0.1, 0.15) is 36.2 Å². The van der Waals surface area contributed by atoms with Crippen molar-refractivity contribution in [2.75, 3.05) is 0 Å². The largest absolute Gasteiger partial charge is 0.294 e. The summed E-state index contributed by atoms with van der Waals surface area (Å²) in [4.78, 5) is 11.8. The van der Waals surface area contributed by atoms with E-state index >= 15 is 0 Å². The van der Waals surface area contributed by atoms with Crippen molar-refractivity contribution in [2.24, 2.45) is 5.92 Å². The maximum absolute atomic E-state index is 11.8. The highest BCUT2D eigenvalue weighted by molar-refractivity contribution is 5.97. The number of benzene rings is 1. The summed E-state index contributed by atoms with van der Waals surface area (Å²) in [6.45, 7) is 3.87. The summed E-state index contributed by atoms with van der Waals surface area (Å²) in [7, 11) is 0. The Morgan fingerprint density at radius 1 is 1.40 bits per heavy atom. The molecule has 0 heterocycles. The predicted molar refractivity (Wildman–Crippen MR) is 59.5 cm³/mol.